The Balaban J connectivity index is 1.52. The average molecular weight is 410 g/mol. The number of ether oxygens (including phenoxy) is 1. The van der Waals surface area contributed by atoms with Gasteiger partial charge in [0.05, 0.1) is 18.4 Å². The van der Waals surface area contributed by atoms with Crippen LogP contribution in [0.2, 0.25) is 0 Å². The van der Waals surface area contributed by atoms with Gasteiger partial charge in [-0.05, 0) is 37.6 Å². The fraction of sp³-hybridized carbons (Fsp3) is 0.364. The minimum Gasteiger partial charge on any atom is -0.467 e. The van der Waals surface area contributed by atoms with E-state index < -0.39 is 12.0 Å². The molecule has 2 unspecified atom stereocenters. The SMILES string of the molecule is CCOC(=O)C1=C(CN2CCC(Nc3ccccc3)C2)NC(=O)NC1c1ccco1. The van der Waals surface area contributed by atoms with Gasteiger partial charge in [0.25, 0.3) is 0 Å². The topological polar surface area (TPSA) is 95.8 Å². The zero-order valence-corrected chi connectivity index (χ0v) is 16.9. The molecule has 8 heteroatoms. The lowest BCUT2D eigenvalue weighted by Crippen LogP contribution is -2.48. The molecule has 158 valence electrons. The zero-order chi connectivity index (χ0) is 20.9. The van der Waals surface area contributed by atoms with Crippen molar-refractivity contribution in [1.82, 2.24) is 15.5 Å². The van der Waals surface area contributed by atoms with Gasteiger partial charge < -0.3 is 25.1 Å². The van der Waals surface area contributed by atoms with Crippen LogP contribution in [0.1, 0.15) is 25.1 Å². The number of carbonyl (C=O) groups is 2. The van der Waals surface area contributed by atoms with Crippen LogP contribution in [0.4, 0.5) is 10.5 Å². The molecule has 4 rings (SSSR count). The molecular formula is C22H26N4O4. The quantitative estimate of drug-likeness (QED) is 0.608. The Morgan fingerprint density at radius 3 is 2.83 bits per heavy atom. The zero-order valence-electron chi connectivity index (χ0n) is 16.9. The van der Waals surface area contributed by atoms with E-state index in [0.717, 1.165) is 25.2 Å². The maximum atomic E-state index is 12.8. The summed E-state index contributed by atoms with van der Waals surface area (Å²) in [5.74, 6) is 0.0370. The van der Waals surface area contributed by atoms with Crippen LogP contribution in [-0.2, 0) is 9.53 Å². The third kappa shape index (κ3) is 4.49. The number of furan rings is 1. The highest BCUT2D eigenvalue weighted by Gasteiger charge is 2.36. The highest BCUT2D eigenvalue weighted by molar-refractivity contribution is 5.95. The summed E-state index contributed by atoms with van der Waals surface area (Å²) < 4.78 is 10.8. The van der Waals surface area contributed by atoms with Gasteiger partial charge in [-0.3, -0.25) is 4.90 Å². The lowest BCUT2D eigenvalue weighted by molar-refractivity contribution is -0.139. The summed E-state index contributed by atoms with van der Waals surface area (Å²) in [6, 6.07) is 12.8. The Morgan fingerprint density at radius 2 is 2.10 bits per heavy atom. The van der Waals surface area contributed by atoms with Crippen LogP contribution in [-0.4, -0.2) is 49.2 Å². The van der Waals surface area contributed by atoms with Crippen molar-refractivity contribution in [3.8, 4) is 0 Å². The second-order valence-electron chi connectivity index (χ2n) is 7.39. The lowest BCUT2D eigenvalue weighted by atomic mass is 10.00. The molecule has 2 amide bonds. The molecule has 1 aromatic heterocycles. The first-order valence-electron chi connectivity index (χ1n) is 10.2. The van der Waals surface area contributed by atoms with Gasteiger partial charge in [0.15, 0.2) is 0 Å². The summed E-state index contributed by atoms with van der Waals surface area (Å²) in [7, 11) is 0. The van der Waals surface area contributed by atoms with Crippen LogP contribution in [0.3, 0.4) is 0 Å². The van der Waals surface area contributed by atoms with E-state index in [1.54, 1.807) is 19.1 Å². The van der Waals surface area contributed by atoms with E-state index in [9.17, 15) is 9.59 Å². The summed E-state index contributed by atoms with van der Waals surface area (Å²) in [5.41, 5.74) is 2.02. The number of nitrogens with one attached hydrogen (secondary N) is 3. The number of benzene rings is 1. The van der Waals surface area contributed by atoms with Crippen molar-refractivity contribution in [2.45, 2.75) is 25.4 Å². The molecule has 3 N–H and O–H groups in total. The minimum atomic E-state index is -0.677. The van der Waals surface area contributed by atoms with Gasteiger partial charge in [0, 0.05) is 37.1 Å². The predicted molar refractivity (Wildman–Crippen MR) is 112 cm³/mol. The Kier molecular flexibility index (Phi) is 6.04. The largest absolute Gasteiger partial charge is 0.467 e. The van der Waals surface area contributed by atoms with Crippen molar-refractivity contribution in [3.05, 3.63) is 65.8 Å². The normalized spacial score (nSPS) is 21.8. The number of amides is 2. The standard InChI is InChI=1S/C22H26N4O4/c1-2-29-21(27)19-17(24-22(28)25-20(19)18-9-6-12-30-18)14-26-11-10-16(13-26)23-15-7-4-3-5-8-15/h3-9,12,16,20,23H,2,10-11,13-14H2,1H3,(H2,24,25,28). The number of carbonyl (C=O) groups excluding carboxylic acids is 2. The molecule has 0 saturated carbocycles. The first-order valence-corrected chi connectivity index (χ1v) is 10.2. The molecule has 2 aromatic rings. The third-order valence-electron chi connectivity index (χ3n) is 5.28. The van der Waals surface area contributed by atoms with Crippen LogP contribution in [0.15, 0.2) is 64.4 Å². The highest BCUT2D eigenvalue weighted by Crippen LogP contribution is 2.29. The van der Waals surface area contributed by atoms with E-state index >= 15 is 0 Å². The Morgan fingerprint density at radius 1 is 1.27 bits per heavy atom. The van der Waals surface area contributed by atoms with Crippen molar-refractivity contribution in [2.24, 2.45) is 0 Å². The average Bonchev–Trinajstić information content (AvgIpc) is 3.41. The molecule has 1 saturated heterocycles. The van der Waals surface area contributed by atoms with E-state index in [0.29, 0.717) is 29.6 Å². The number of nitrogens with zero attached hydrogens (tertiary/aromatic N) is 1. The molecular weight excluding hydrogens is 384 g/mol. The second-order valence-corrected chi connectivity index (χ2v) is 7.39. The molecule has 0 bridgehead atoms. The van der Waals surface area contributed by atoms with Gasteiger partial charge in [-0.2, -0.15) is 0 Å². The molecule has 0 radical (unpaired) electrons. The van der Waals surface area contributed by atoms with Gasteiger partial charge in [-0.25, -0.2) is 9.59 Å². The minimum absolute atomic E-state index is 0.251. The number of rotatable bonds is 7. The number of esters is 1. The van der Waals surface area contributed by atoms with Crippen molar-refractivity contribution >= 4 is 17.7 Å². The molecule has 2 atom stereocenters. The Hall–Kier alpha value is -3.26. The third-order valence-corrected chi connectivity index (χ3v) is 5.28. The second kappa shape index (κ2) is 9.04. The van der Waals surface area contributed by atoms with Gasteiger partial charge in [-0.1, -0.05) is 18.2 Å². The molecule has 0 aliphatic carbocycles. The van der Waals surface area contributed by atoms with Gasteiger partial charge in [0.2, 0.25) is 0 Å². The fourth-order valence-corrected chi connectivity index (χ4v) is 3.95. The smallest absolute Gasteiger partial charge is 0.338 e. The summed E-state index contributed by atoms with van der Waals surface area (Å²) in [4.78, 5) is 27.3. The number of hydrogen-bond acceptors (Lipinski definition) is 6. The Bertz CT molecular complexity index is 910. The van der Waals surface area contributed by atoms with Gasteiger partial charge >= 0.3 is 12.0 Å². The van der Waals surface area contributed by atoms with Gasteiger partial charge in [0.1, 0.15) is 11.8 Å². The number of para-hydroxylation sites is 1. The Labute approximate surface area is 175 Å². The monoisotopic (exact) mass is 410 g/mol. The molecule has 30 heavy (non-hydrogen) atoms. The summed E-state index contributed by atoms with van der Waals surface area (Å²) >= 11 is 0. The number of likely N-dealkylation sites (tertiary alicyclic amines) is 1. The van der Waals surface area contributed by atoms with Crippen LogP contribution in [0, 0.1) is 0 Å². The van der Waals surface area contributed by atoms with E-state index in [4.69, 9.17) is 9.15 Å². The maximum absolute atomic E-state index is 12.8. The van der Waals surface area contributed by atoms with E-state index in [2.05, 4.69) is 20.9 Å². The molecule has 2 aliphatic heterocycles. The van der Waals surface area contributed by atoms with Gasteiger partial charge in [-0.15, -0.1) is 0 Å². The van der Waals surface area contributed by atoms with E-state index in [-0.39, 0.29) is 12.6 Å². The molecule has 1 fully saturated rings. The number of hydrogen-bond donors (Lipinski definition) is 3. The van der Waals surface area contributed by atoms with Crippen LogP contribution >= 0.6 is 0 Å². The van der Waals surface area contributed by atoms with E-state index in [1.807, 2.05) is 30.3 Å². The van der Waals surface area contributed by atoms with Crippen molar-refractivity contribution in [1.29, 1.82) is 0 Å². The fourth-order valence-electron chi connectivity index (χ4n) is 3.95. The maximum Gasteiger partial charge on any atom is 0.338 e. The van der Waals surface area contributed by atoms with Crippen molar-refractivity contribution in [2.75, 3.05) is 31.6 Å². The van der Waals surface area contributed by atoms with E-state index in [1.165, 1.54) is 6.26 Å². The first kappa shape index (κ1) is 20.0. The van der Waals surface area contributed by atoms with Crippen molar-refractivity contribution < 1.29 is 18.7 Å². The number of anilines is 1. The summed E-state index contributed by atoms with van der Waals surface area (Å²) in [6.45, 7) is 4.13. The van der Waals surface area contributed by atoms with Crippen LogP contribution in [0.25, 0.3) is 0 Å². The predicted octanol–water partition coefficient (Wildman–Crippen LogP) is 2.64. The summed E-state index contributed by atoms with van der Waals surface area (Å²) in [5, 5.41) is 9.12. The van der Waals surface area contributed by atoms with Crippen LogP contribution < -0.4 is 16.0 Å². The first-order chi connectivity index (χ1) is 14.6. The highest BCUT2D eigenvalue weighted by atomic mass is 16.5. The molecule has 3 heterocycles. The molecule has 2 aliphatic rings. The van der Waals surface area contributed by atoms with Crippen molar-refractivity contribution in [3.63, 3.8) is 0 Å². The van der Waals surface area contributed by atoms with Crippen LogP contribution in [0.5, 0.6) is 0 Å². The molecule has 1 aromatic carbocycles. The molecule has 0 spiro atoms. The molecule has 8 nitrogen and oxygen atoms in total. The summed E-state index contributed by atoms with van der Waals surface area (Å²) in [6.07, 6.45) is 2.50. The lowest BCUT2D eigenvalue weighted by Gasteiger charge is -2.30. The number of urea groups is 1.